The Kier molecular flexibility index (Phi) is 3.28. The summed E-state index contributed by atoms with van der Waals surface area (Å²) in [5.74, 6) is 0.115. The number of hydrogen-bond acceptors (Lipinski definition) is 4. The van der Waals surface area contributed by atoms with Crippen molar-refractivity contribution in [3.8, 4) is 0 Å². The van der Waals surface area contributed by atoms with Gasteiger partial charge in [-0.1, -0.05) is 6.92 Å². The van der Waals surface area contributed by atoms with Gasteiger partial charge in [0.25, 0.3) is 5.91 Å². The largest absolute Gasteiger partial charge is 0.397 e. The molecular formula is C12H17N3O2. The van der Waals surface area contributed by atoms with Crippen LogP contribution in [0.5, 0.6) is 0 Å². The second kappa shape index (κ2) is 4.71. The first kappa shape index (κ1) is 11.9. The van der Waals surface area contributed by atoms with Crippen LogP contribution in [0.15, 0.2) is 18.5 Å². The zero-order valence-electron chi connectivity index (χ0n) is 9.84. The molecule has 2 atom stereocenters. The first-order valence-electron chi connectivity index (χ1n) is 5.76. The normalized spacial score (nSPS) is 24.7. The van der Waals surface area contributed by atoms with Crippen LogP contribution in [0, 0.1) is 5.92 Å². The predicted octanol–water partition coefficient (Wildman–Crippen LogP) is 0.507. The number of nitrogen functional groups attached to an aromatic ring is 1. The Morgan fingerprint density at radius 2 is 2.41 bits per heavy atom. The molecule has 0 bridgehead atoms. The van der Waals surface area contributed by atoms with E-state index in [0.29, 0.717) is 24.3 Å². The predicted molar refractivity (Wildman–Crippen MR) is 64.3 cm³/mol. The fraction of sp³-hybridized carbons (Fsp3) is 0.500. The summed E-state index contributed by atoms with van der Waals surface area (Å²) in [5.41, 5.74) is 6.56. The van der Waals surface area contributed by atoms with E-state index in [2.05, 4.69) is 4.98 Å². The zero-order valence-corrected chi connectivity index (χ0v) is 9.84. The number of hydrogen-bond donors (Lipinski definition) is 2. The minimum Gasteiger partial charge on any atom is -0.397 e. The first-order valence-corrected chi connectivity index (χ1v) is 5.76. The first-order chi connectivity index (χ1) is 8.09. The van der Waals surface area contributed by atoms with Crippen LogP contribution in [0.4, 0.5) is 5.69 Å². The van der Waals surface area contributed by atoms with Crippen molar-refractivity contribution < 1.29 is 9.90 Å². The van der Waals surface area contributed by atoms with E-state index in [0.717, 1.165) is 6.42 Å². The SMILES string of the molecule is CC1CCN(C(=O)c2ccncc2N)CC1O. The third kappa shape index (κ3) is 2.39. The third-order valence-corrected chi connectivity index (χ3v) is 3.29. The third-order valence-electron chi connectivity index (χ3n) is 3.29. The average Bonchev–Trinajstić information content (AvgIpc) is 2.32. The quantitative estimate of drug-likeness (QED) is 0.743. The molecule has 1 aromatic heterocycles. The van der Waals surface area contributed by atoms with Crippen LogP contribution in [0.2, 0.25) is 0 Å². The van der Waals surface area contributed by atoms with Gasteiger partial charge in [0.15, 0.2) is 0 Å². The van der Waals surface area contributed by atoms with Crippen molar-refractivity contribution >= 4 is 11.6 Å². The summed E-state index contributed by atoms with van der Waals surface area (Å²) >= 11 is 0. The van der Waals surface area contributed by atoms with Crippen molar-refractivity contribution in [3.63, 3.8) is 0 Å². The summed E-state index contributed by atoms with van der Waals surface area (Å²) in [5, 5.41) is 9.78. The summed E-state index contributed by atoms with van der Waals surface area (Å²) in [4.78, 5) is 17.7. The van der Waals surface area contributed by atoms with Gasteiger partial charge in [0.1, 0.15) is 0 Å². The maximum absolute atomic E-state index is 12.2. The highest BCUT2D eigenvalue weighted by molar-refractivity contribution is 5.98. The van der Waals surface area contributed by atoms with Crippen molar-refractivity contribution in [2.45, 2.75) is 19.4 Å². The summed E-state index contributed by atoms with van der Waals surface area (Å²) < 4.78 is 0. The number of nitrogens with two attached hydrogens (primary N) is 1. The van der Waals surface area contributed by atoms with Crippen LogP contribution < -0.4 is 5.73 Å². The van der Waals surface area contributed by atoms with Gasteiger partial charge in [-0.15, -0.1) is 0 Å². The van der Waals surface area contributed by atoms with Gasteiger partial charge in [0.2, 0.25) is 0 Å². The number of likely N-dealkylation sites (tertiary alicyclic amines) is 1. The van der Waals surface area contributed by atoms with Gasteiger partial charge >= 0.3 is 0 Å². The molecular weight excluding hydrogens is 218 g/mol. The van der Waals surface area contributed by atoms with Crippen molar-refractivity contribution in [2.24, 2.45) is 5.92 Å². The number of carbonyl (C=O) groups excluding carboxylic acids is 1. The van der Waals surface area contributed by atoms with Crippen LogP contribution in [0.3, 0.4) is 0 Å². The van der Waals surface area contributed by atoms with Crippen molar-refractivity contribution in [3.05, 3.63) is 24.0 Å². The van der Waals surface area contributed by atoms with E-state index < -0.39 is 6.10 Å². The number of nitrogens with zero attached hydrogens (tertiary/aromatic N) is 2. The van der Waals surface area contributed by atoms with Gasteiger partial charge < -0.3 is 15.7 Å². The van der Waals surface area contributed by atoms with E-state index in [4.69, 9.17) is 5.73 Å². The smallest absolute Gasteiger partial charge is 0.256 e. The van der Waals surface area contributed by atoms with Crippen LogP contribution in [-0.4, -0.2) is 40.1 Å². The minimum atomic E-state index is -0.448. The number of pyridine rings is 1. The highest BCUT2D eigenvalue weighted by Crippen LogP contribution is 2.20. The minimum absolute atomic E-state index is 0.129. The second-order valence-electron chi connectivity index (χ2n) is 4.55. The molecule has 17 heavy (non-hydrogen) atoms. The van der Waals surface area contributed by atoms with Crippen molar-refractivity contribution in [2.75, 3.05) is 18.8 Å². The monoisotopic (exact) mass is 235 g/mol. The molecule has 0 aliphatic carbocycles. The van der Waals surface area contributed by atoms with E-state index in [9.17, 15) is 9.90 Å². The highest BCUT2D eigenvalue weighted by atomic mass is 16.3. The molecule has 1 aliphatic rings. The van der Waals surface area contributed by atoms with Gasteiger partial charge in [0.05, 0.1) is 23.6 Å². The van der Waals surface area contributed by atoms with E-state index >= 15 is 0 Å². The summed E-state index contributed by atoms with van der Waals surface area (Å²) in [6.45, 7) is 3.04. The molecule has 1 aliphatic heterocycles. The molecule has 0 spiro atoms. The van der Waals surface area contributed by atoms with Gasteiger partial charge in [-0.25, -0.2) is 0 Å². The molecule has 1 saturated heterocycles. The van der Waals surface area contributed by atoms with Crippen LogP contribution in [0.1, 0.15) is 23.7 Å². The lowest BCUT2D eigenvalue weighted by molar-refractivity contribution is 0.0249. The number of anilines is 1. The lowest BCUT2D eigenvalue weighted by atomic mass is 9.95. The molecule has 92 valence electrons. The van der Waals surface area contributed by atoms with E-state index in [1.54, 1.807) is 17.2 Å². The average molecular weight is 235 g/mol. The molecule has 1 amide bonds. The molecule has 1 aromatic rings. The van der Waals surface area contributed by atoms with Crippen LogP contribution in [0.25, 0.3) is 0 Å². The number of aliphatic hydroxyl groups is 1. The maximum atomic E-state index is 12.2. The molecule has 5 nitrogen and oxygen atoms in total. The molecule has 2 heterocycles. The van der Waals surface area contributed by atoms with Gasteiger partial charge in [-0.05, 0) is 18.4 Å². The number of aromatic nitrogens is 1. The molecule has 1 fully saturated rings. The lowest BCUT2D eigenvalue weighted by Crippen LogP contribution is -2.46. The Hall–Kier alpha value is -1.62. The Labute approximate surface area is 100 Å². The van der Waals surface area contributed by atoms with Crippen LogP contribution >= 0.6 is 0 Å². The second-order valence-corrected chi connectivity index (χ2v) is 4.55. The van der Waals surface area contributed by atoms with Crippen molar-refractivity contribution in [1.29, 1.82) is 0 Å². The fourth-order valence-electron chi connectivity index (χ4n) is 2.01. The van der Waals surface area contributed by atoms with E-state index in [1.807, 2.05) is 6.92 Å². The van der Waals surface area contributed by atoms with Gasteiger partial charge in [-0.2, -0.15) is 0 Å². The van der Waals surface area contributed by atoms with Crippen LogP contribution in [-0.2, 0) is 0 Å². The molecule has 0 saturated carbocycles. The summed E-state index contributed by atoms with van der Waals surface area (Å²) in [6.07, 6.45) is 3.39. The molecule has 2 rings (SSSR count). The Balaban J connectivity index is 2.14. The van der Waals surface area contributed by atoms with E-state index in [-0.39, 0.29) is 11.8 Å². The number of piperidine rings is 1. The maximum Gasteiger partial charge on any atom is 0.256 e. The number of amides is 1. The molecule has 2 unspecified atom stereocenters. The highest BCUT2D eigenvalue weighted by Gasteiger charge is 2.28. The summed E-state index contributed by atoms with van der Waals surface area (Å²) in [7, 11) is 0. The number of aliphatic hydroxyl groups excluding tert-OH is 1. The fourth-order valence-corrected chi connectivity index (χ4v) is 2.01. The Morgan fingerprint density at radius 3 is 3.06 bits per heavy atom. The Bertz CT molecular complexity index is 422. The van der Waals surface area contributed by atoms with E-state index in [1.165, 1.54) is 6.20 Å². The standard InChI is InChI=1S/C12H17N3O2/c1-8-3-5-15(7-11(8)16)12(17)9-2-4-14-6-10(9)13/h2,4,6,8,11,16H,3,5,7,13H2,1H3. The number of carbonyl (C=O) groups is 1. The molecule has 5 heteroatoms. The van der Waals surface area contributed by atoms with Gasteiger partial charge in [0, 0.05) is 19.3 Å². The van der Waals surface area contributed by atoms with Crippen molar-refractivity contribution in [1.82, 2.24) is 9.88 Å². The molecule has 0 radical (unpaired) electrons. The topological polar surface area (TPSA) is 79.5 Å². The number of β-amino-alcohol motifs (C(OH)–C–C–N with tert-alkyl or cyclic N) is 1. The summed E-state index contributed by atoms with van der Waals surface area (Å²) in [6, 6.07) is 1.61. The molecule has 0 aromatic carbocycles. The zero-order chi connectivity index (χ0) is 12.4. The molecule has 3 N–H and O–H groups in total. The Morgan fingerprint density at radius 1 is 1.65 bits per heavy atom. The number of rotatable bonds is 1. The van der Waals surface area contributed by atoms with Gasteiger partial charge in [-0.3, -0.25) is 9.78 Å². The lowest BCUT2D eigenvalue weighted by Gasteiger charge is -2.34.